The molecule has 11 rings (SSSR count). The van der Waals surface area contributed by atoms with Crippen LogP contribution in [0.3, 0.4) is 0 Å². The molecule has 4 heteroatoms. The number of benzene rings is 9. The van der Waals surface area contributed by atoms with Crippen LogP contribution in [0.2, 0.25) is 0 Å². The number of rotatable bonds is 6. The van der Waals surface area contributed by atoms with Crippen LogP contribution in [-0.4, -0.2) is 15.0 Å². The van der Waals surface area contributed by atoms with E-state index in [-0.39, 0.29) is 17.6 Å². The zero-order valence-electron chi connectivity index (χ0n) is 35.4. The standard InChI is InChI=1S/C53H33N3O/c1-3-14-34(15-4-1)42-28-29-43(45-23-10-9-22-44(42)45)37-19-13-20-38(30-37)51-54-52(39-26-27-47-46-24-11-12-25-49(46)57-50(47)33-39)56-53(55-51)40-31-36-18-7-8-21-41(36)48(32-40)35-16-5-2-6-17-35/h1-33H/i2D,5D,6D,16D,17D. The van der Waals surface area contributed by atoms with Crippen molar-refractivity contribution in [2.24, 2.45) is 0 Å². The van der Waals surface area contributed by atoms with E-state index in [0.29, 0.717) is 34.2 Å². The third kappa shape index (κ3) is 5.83. The summed E-state index contributed by atoms with van der Waals surface area (Å²) in [7, 11) is 0. The molecular weight excluding hydrogens is 695 g/mol. The van der Waals surface area contributed by atoms with Crippen molar-refractivity contribution in [2.45, 2.75) is 0 Å². The second kappa shape index (κ2) is 13.6. The number of aromatic nitrogens is 3. The average Bonchev–Trinajstić information content (AvgIpc) is 3.70. The first-order chi connectivity index (χ1) is 30.3. The van der Waals surface area contributed by atoms with Gasteiger partial charge in [-0.1, -0.05) is 164 Å². The Hall–Kier alpha value is -7.69. The molecule has 9 aromatic carbocycles. The highest BCUT2D eigenvalue weighted by atomic mass is 16.3. The van der Waals surface area contributed by atoms with Gasteiger partial charge in [0, 0.05) is 27.5 Å². The van der Waals surface area contributed by atoms with E-state index in [4.69, 9.17) is 26.2 Å². The molecule has 2 aromatic heterocycles. The van der Waals surface area contributed by atoms with Gasteiger partial charge in [0.15, 0.2) is 17.5 Å². The van der Waals surface area contributed by atoms with Gasteiger partial charge >= 0.3 is 0 Å². The van der Waals surface area contributed by atoms with E-state index in [1.807, 2.05) is 97.1 Å². The van der Waals surface area contributed by atoms with Gasteiger partial charge < -0.3 is 4.42 Å². The van der Waals surface area contributed by atoms with Crippen molar-refractivity contribution < 1.29 is 11.3 Å². The normalized spacial score (nSPS) is 12.7. The number of hydrogen-bond donors (Lipinski definition) is 0. The molecule has 0 atom stereocenters. The van der Waals surface area contributed by atoms with E-state index in [1.54, 1.807) is 0 Å². The van der Waals surface area contributed by atoms with Crippen LogP contribution in [0.5, 0.6) is 0 Å². The minimum Gasteiger partial charge on any atom is -0.456 e. The molecule has 11 aromatic rings. The average molecular weight is 733 g/mol. The van der Waals surface area contributed by atoms with Gasteiger partial charge in [-0.2, -0.15) is 0 Å². The molecule has 4 nitrogen and oxygen atoms in total. The largest absolute Gasteiger partial charge is 0.456 e. The Bertz CT molecular complexity index is 3580. The number of furan rings is 1. The molecule has 0 aliphatic carbocycles. The first-order valence-corrected chi connectivity index (χ1v) is 18.8. The van der Waals surface area contributed by atoms with Crippen molar-refractivity contribution in [3.05, 3.63) is 200 Å². The molecule has 57 heavy (non-hydrogen) atoms. The highest BCUT2D eigenvalue weighted by molar-refractivity contribution is 6.07. The summed E-state index contributed by atoms with van der Waals surface area (Å²) in [5.74, 6) is 1.23. The molecule has 266 valence electrons. The zero-order valence-corrected chi connectivity index (χ0v) is 30.4. The van der Waals surface area contributed by atoms with Crippen molar-refractivity contribution in [2.75, 3.05) is 0 Å². The van der Waals surface area contributed by atoms with E-state index in [1.165, 1.54) is 0 Å². The molecule has 0 amide bonds. The number of nitrogens with zero attached hydrogens (tertiary/aromatic N) is 3. The maximum Gasteiger partial charge on any atom is 0.164 e. The van der Waals surface area contributed by atoms with Crippen LogP contribution in [-0.2, 0) is 0 Å². The van der Waals surface area contributed by atoms with Crippen molar-refractivity contribution in [3.63, 3.8) is 0 Å². The quantitative estimate of drug-likeness (QED) is 0.171. The Labute approximate surface area is 336 Å². The zero-order chi connectivity index (χ0) is 42.1. The Morgan fingerprint density at radius 1 is 0.333 bits per heavy atom. The molecule has 0 saturated carbocycles. The van der Waals surface area contributed by atoms with Gasteiger partial charge in [0.05, 0.1) is 6.85 Å². The van der Waals surface area contributed by atoms with Crippen LogP contribution in [0, 0.1) is 0 Å². The monoisotopic (exact) mass is 732 g/mol. The predicted octanol–water partition coefficient (Wildman–Crippen LogP) is 14.1. The summed E-state index contributed by atoms with van der Waals surface area (Å²) in [6.07, 6.45) is 0. The number of fused-ring (bicyclic) bond motifs is 5. The maximum atomic E-state index is 8.90. The lowest BCUT2D eigenvalue weighted by Crippen LogP contribution is -2.00. The molecule has 0 spiro atoms. The maximum absolute atomic E-state index is 8.90. The topological polar surface area (TPSA) is 51.8 Å². The molecule has 0 N–H and O–H groups in total. The SMILES string of the molecule is [2H]c1c([2H])c([2H])c(-c2cc(-c3nc(-c4cccc(-c5ccc(-c6ccccc6)c6ccccc56)c4)nc(-c4ccc5c(c4)oc4ccccc45)n3)cc3ccccc23)c([2H])c1[2H]. The lowest BCUT2D eigenvalue weighted by molar-refractivity contribution is 0.669. The summed E-state index contributed by atoms with van der Waals surface area (Å²) in [6.45, 7) is 0. The lowest BCUT2D eigenvalue weighted by Gasteiger charge is -2.14. The van der Waals surface area contributed by atoms with E-state index in [9.17, 15) is 0 Å². The molecule has 0 aliphatic heterocycles. The van der Waals surface area contributed by atoms with E-state index in [0.717, 1.165) is 71.3 Å². The first-order valence-electron chi connectivity index (χ1n) is 21.3. The molecular formula is C53H33N3O. The molecule has 0 unspecified atom stereocenters. The van der Waals surface area contributed by atoms with Crippen LogP contribution < -0.4 is 0 Å². The van der Waals surface area contributed by atoms with Gasteiger partial charge in [0.2, 0.25) is 0 Å². The van der Waals surface area contributed by atoms with Crippen molar-refractivity contribution >= 4 is 43.5 Å². The Morgan fingerprint density at radius 3 is 1.68 bits per heavy atom. The van der Waals surface area contributed by atoms with Gasteiger partial charge in [0.1, 0.15) is 11.2 Å². The van der Waals surface area contributed by atoms with Gasteiger partial charge in [0.25, 0.3) is 0 Å². The summed E-state index contributed by atoms with van der Waals surface area (Å²) in [4.78, 5) is 15.4. The number of para-hydroxylation sites is 1. The Balaban J connectivity index is 1.12. The Morgan fingerprint density at radius 2 is 0.912 bits per heavy atom. The number of hydrogen-bond acceptors (Lipinski definition) is 4. The second-order valence-corrected chi connectivity index (χ2v) is 14.0. The summed E-state index contributed by atoms with van der Waals surface area (Å²) in [5, 5.41) is 5.81. The highest BCUT2D eigenvalue weighted by Gasteiger charge is 2.18. The van der Waals surface area contributed by atoms with Gasteiger partial charge in [-0.15, -0.1) is 0 Å². The van der Waals surface area contributed by atoms with Crippen LogP contribution in [0.1, 0.15) is 6.85 Å². The second-order valence-electron chi connectivity index (χ2n) is 14.0. The minimum atomic E-state index is -0.445. The van der Waals surface area contributed by atoms with Crippen molar-refractivity contribution in [1.82, 2.24) is 15.0 Å². The van der Waals surface area contributed by atoms with E-state index < -0.39 is 18.1 Å². The summed E-state index contributed by atoms with van der Waals surface area (Å²) in [5.41, 5.74) is 8.57. The fraction of sp³-hybridized carbons (Fsp3) is 0. The smallest absolute Gasteiger partial charge is 0.164 e. The molecule has 0 aliphatic rings. The Kier molecular flexibility index (Phi) is 6.62. The summed E-state index contributed by atoms with van der Waals surface area (Å²) >= 11 is 0. The van der Waals surface area contributed by atoms with Gasteiger partial charge in [-0.25, -0.2) is 15.0 Å². The molecule has 2 heterocycles. The lowest BCUT2D eigenvalue weighted by atomic mass is 9.91. The molecule has 0 fully saturated rings. The molecule has 0 bridgehead atoms. The minimum absolute atomic E-state index is 0.108. The summed E-state index contributed by atoms with van der Waals surface area (Å²) < 4.78 is 49.3. The first kappa shape index (κ1) is 27.8. The van der Waals surface area contributed by atoms with Gasteiger partial charge in [-0.3, -0.25) is 0 Å². The highest BCUT2D eigenvalue weighted by Crippen LogP contribution is 2.39. The van der Waals surface area contributed by atoms with Crippen LogP contribution in [0.15, 0.2) is 204 Å². The predicted molar refractivity (Wildman–Crippen MR) is 235 cm³/mol. The van der Waals surface area contributed by atoms with Crippen molar-refractivity contribution in [3.8, 4) is 67.5 Å². The van der Waals surface area contributed by atoms with Crippen molar-refractivity contribution in [1.29, 1.82) is 0 Å². The van der Waals surface area contributed by atoms with E-state index in [2.05, 4.69) is 72.8 Å². The van der Waals surface area contributed by atoms with Crippen LogP contribution >= 0.6 is 0 Å². The third-order valence-corrected chi connectivity index (χ3v) is 10.6. The fourth-order valence-electron chi connectivity index (χ4n) is 7.91. The molecule has 0 saturated heterocycles. The van der Waals surface area contributed by atoms with Crippen LogP contribution in [0.4, 0.5) is 0 Å². The third-order valence-electron chi connectivity index (χ3n) is 10.6. The van der Waals surface area contributed by atoms with Gasteiger partial charge in [-0.05, 0) is 91.3 Å². The van der Waals surface area contributed by atoms with Crippen LogP contribution in [0.25, 0.3) is 111 Å². The summed E-state index contributed by atoms with van der Waals surface area (Å²) in [6, 6.07) is 54.9. The van der Waals surface area contributed by atoms with E-state index >= 15 is 0 Å². The molecule has 0 radical (unpaired) electrons. The fourth-order valence-corrected chi connectivity index (χ4v) is 7.91.